The number of ether oxygens (including phenoxy) is 1. The van der Waals surface area contributed by atoms with Gasteiger partial charge in [0.05, 0.1) is 17.1 Å². The Morgan fingerprint density at radius 1 is 1.42 bits per heavy atom. The summed E-state index contributed by atoms with van der Waals surface area (Å²) in [7, 11) is 3.21. The number of hydrogen-bond donors (Lipinski definition) is 1. The van der Waals surface area contributed by atoms with E-state index in [1.165, 1.54) is 16.5 Å². The molecule has 1 aromatic heterocycles. The van der Waals surface area contributed by atoms with Crippen molar-refractivity contribution in [1.82, 2.24) is 14.7 Å². The van der Waals surface area contributed by atoms with Crippen LogP contribution in [0.5, 0.6) is 0 Å². The molecule has 1 unspecified atom stereocenters. The van der Waals surface area contributed by atoms with E-state index in [2.05, 4.69) is 5.10 Å². The second-order valence-corrected chi connectivity index (χ2v) is 4.61. The Balaban J connectivity index is 2.66. The van der Waals surface area contributed by atoms with Crippen LogP contribution in [0.3, 0.4) is 0 Å². The molecule has 1 aromatic rings. The molecule has 1 rings (SSSR count). The maximum absolute atomic E-state index is 11.7. The highest BCUT2D eigenvalue weighted by atomic mass is 16.5. The number of aromatic nitrogens is 2. The Labute approximate surface area is 112 Å². The second-order valence-electron chi connectivity index (χ2n) is 4.61. The van der Waals surface area contributed by atoms with Crippen molar-refractivity contribution in [2.24, 2.45) is 0 Å². The number of likely N-dealkylation sites (N-methyl/N-ethyl adjacent to an activating group) is 1. The van der Waals surface area contributed by atoms with Crippen LogP contribution < -0.4 is 5.73 Å². The molecule has 7 nitrogen and oxygen atoms in total. The zero-order valence-electron chi connectivity index (χ0n) is 11.9. The topological polar surface area (TPSA) is 90.5 Å². The summed E-state index contributed by atoms with van der Waals surface area (Å²) in [6.07, 6.45) is -0.809. The molecule has 19 heavy (non-hydrogen) atoms. The van der Waals surface area contributed by atoms with Gasteiger partial charge in [0.2, 0.25) is 0 Å². The van der Waals surface area contributed by atoms with E-state index in [9.17, 15) is 9.59 Å². The molecule has 7 heteroatoms. The summed E-state index contributed by atoms with van der Waals surface area (Å²) in [5.41, 5.74) is 7.71. The van der Waals surface area contributed by atoms with Crippen LogP contribution in [-0.4, -0.2) is 46.8 Å². The van der Waals surface area contributed by atoms with Gasteiger partial charge in [-0.3, -0.25) is 14.3 Å². The third kappa shape index (κ3) is 3.46. The van der Waals surface area contributed by atoms with E-state index >= 15 is 0 Å². The first-order valence-electron chi connectivity index (χ1n) is 5.94. The third-order valence-corrected chi connectivity index (χ3v) is 2.81. The van der Waals surface area contributed by atoms with Crippen molar-refractivity contribution in [3.63, 3.8) is 0 Å². The van der Waals surface area contributed by atoms with Gasteiger partial charge in [-0.25, -0.2) is 0 Å². The number of nitrogen functional groups attached to an aromatic ring is 1. The van der Waals surface area contributed by atoms with Gasteiger partial charge in [0.1, 0.15) is 6.54 Å². The fourth-order valence-electron chi connectivity index (χ4n) is 1.64. The first kappa shape index (κ1) is 15.0. The SMILES string of the molecule is Cc1nn(CC(=O)OC(C)C(=O)N(C)C)c(C)c1N. The minimum absolute atomic E-state index is 0.0606. The van der Waals surface area contributed by atoms with Gasteiger partial charge in [0.25, 0.3) is 5.91 Å². The number of carbonyl (C=O) groups is 2. The molecule has 0 saturated carbocycles. The maximum Gasteiger partial charge on any atom is 0.328 e. The number of esters is 1. The standard InChI is InChI=1S/C12H20N4O3/c1-7-11(13)8(2)16(14-7)6-10(17)19-9(3)12(18)15(4)5/h9H,6,13H2,1-5H3. The van der Waals surface area contributed by atoms with E-state index in [1.807, 2.05) is 0 Å². The van der Waals surface area contributed by atoms with E-state index in [0.29, 0.717) is 17.1 Å². The number of nitrogens with two attached hydrogens (primary N) is 1. The van der Waals surface area contributed by atoms with Gasteiger partial charge in [-0.1, -0.05) is 0 Å². The second kappa shape index (κ2) is 5.73. The highest BCUT2D eigenvalue weighted by Crippen LogP contribution is 2.14. The summed E-state index contributed by atoms with van der Waals surface area (Å²) in [6, 6.07) is 0. The fraction of sp³-hybridized carbons (Fsp3) is 0.583. The van der Waals surface area contributed by atoms with E-state index in [4.69, 9.17) is 10.5 Å². The van der Waals surface area contributed by atoms with Gasteiger partial charge in [-0.15, -0.1) is 0 Å². The average Bonchev–Trinajstić information content (AvgIpc) is 2.55. The summed E-state index contributed by atoms with van der Waals surface area (Å²) in [6.45, 7) is 5.02. The number of anilines is 1. The van der Waals surface area contributed by atoms with Crippen LogP contribution in [-0.2, 0) is 20.9 Å². The van der Waals surface area contributed by atoms with Crippen molar-refractivity contribution in [2.75, 3.05) is 19.8 Å². The van der Waals surface area contributed by atoms with Crippen LogP contribution in [0.15, 0.2) is 0 Å². The van der Waals surface area contributed by atoms with E-state index in [0.717, 1.165) is 0 Å². The first-order valence-corrected chi connectivity index (χ1v) is 5.94. The van der Waals surface area contributed by atoms with Gasteiger partial charge in [0, 0.05) is 14.1 Å². The van der Waals surface area contributed by atoms with Gasteiger partial charge in [0.15, 0.2) is 6.10 Å². The molecule has 0 spiro atoms. The molecule has 0 radical (unpaired) electrons. The molecule has 0 aliphatic rings. The third-order valence-electron chi connectivity index (χ3n) is 2.81. The predicted molar refractivity (Wildman–Crippen MR) is 70.4 cm³/mol. The number of hydrogen-bond acceptors (Lipinski definition) is 5. The van der Waals surface area contributed by atoms with Crippen molar-refractivity contribution in [2.45, 2.75) is 33.4 Å². The van der Waals surface area contributed by atoms with E-state index in [-0.39, 0.29) is 12.5 Å². The first-order chi connectivity index (χ1) is 8.73. The fourth-order valence-corrected chi connectivity index (χ4v) is 1.64. The lowest BCUT2D eigenvalue weighted by Gasteiger charge is -2.17. The Morgan fingerprint density at radius 2 is 2.00 bits per heavy atom. The molecule has 0 fully saturated rings. The average molecular weight is 268 g/mol. The monoisotopic (exact) mass is 268 g/mol. The summed E-state index contributed by atoms with van der Waals surface area (Å²) in [5, 5.41) is 4.13. The summed E-state index contributed by atoms with van der Waals surface area (Å²) < 4.78 is 6.52. The highest BCUT2D eigenvalue weighted by Gasteiger charge is 2.20. The number of rotatable bonds is 4. The number of nitrogens with zero attached hydrogens (tertiary/aromatic N) is 3. The van der Waals surface area contributed by atoms with Crippen LogP contribution in [0.2, 0.25) is 0 Å². The van der Waals surface area contributed by atoms with E-state index in [1.54, 1.807) is 27.9 Å². The molecule has 0 aromatic carbocycles. The Hall–Kier alpha value is -2.05. The number of aryl methyl sites for hydroxylation is 1. The van der Waals surface area contributed by atoms with Crippen molar-refractivity contribution in [3.8, 4) is 0 Å². The van der Waals surface area contributed by atoms with Gasteiger partial charge in [-0.2, -0.15) is 5.10 Å². The predicted octanol–water partition coefficient (Wildman–Crippen LogP) is 0.102. The molecule has 0 aliphatic heterocycles. The van der Waals surface area contributed by atoms with Crippen molar-refractivity contribution < 1.29 is 14.3 Å². The summed E-state index contributed by atoms with van der Waals surface area (Å²) in [5.74, 6) is -0.783. The van der Waals surface area contributed by atoms with Gasteiger partial charge >= 0.3 is 5.97 Å². The molecular weight excluding hydrogens is 248 g/mol. The molecule has 1 atom stereocenters. The van der Waals surface area contributed by atoms with Crippen LogP contribution in [0.4, 0.5) is 5.69 Å². The Morgan fingerprint density at radius 3 is 2.42 bits per heavy atom. The van der Waals surface area contributed by atoms with Crippen LogP contribution in [0.25, 0.3) is 0 Å². The van der Waals surface area contributed by atoms with Gasteiger partial charge in [-0.05, 0) is 20.8 Å². The molecule has 106 valence electrons. The molecular formula is C12H20N4O3. The van der Waals surface area contributed by atoms with Crippen LogP contribution >= 0.6 is 0 Å². The molecule has 1 heterocycles. The molecule has 2 N–H and O–H groups in total. The number of amides is 1. The van der Waals surface area contributed by atoms with E-state index < -0.39 is 12.1 Å². The minimum Gasteiger partial charge on any atom is -0.451 e. The van der Waals surface area contributed by atoms with Gasteiger partial charge < -0.3 is 15.4 Å². The zero-order chi connectivity index (χ0) is 14.7. The van der Waals surface area contributed by atoms with Crippen LogP contribution in [0.1, 0.15) is 18.3 Å². The lowest BCUT2D eigenvalue weighted by atomic mass is 10.3. The zero-order valence-corrected chi connectivity index (χ0v) is 11.9. The van der Waals surface area contributed by atoms with Crippen molar-refractivity contribution in [1.29, 1.82) is 0 Å². The normalized spacial score (nSPS) is 12.1. The minimum atomic E-state index is -0.809. The molecule has 0 saturated heterocycles. The Bertz CT molecular complexity index is 493. The van der Waals surface area contributed by atoms with Crippen molar-refractivity contribution in [3.05, 3.63) is 11.4 Å². The lowest BCUT2D eigenvalue weighted by Crippen LogP contribution is -2.35. The molecule has 1 amide bonds. The van der Waals surface area contributed by atoms with Crippen LogP contribution in [0, 0.1) is 13.8 Å². The smallest absolute Gasteiger partial charge is 0.328 e. The molecule has 0 aliphatic carbocycles. The highest BCUT2D eigenvalue weighted by molar-refractivity contribution is 5.83. The van der Waals surface area contributed by atoms with Crippen molar-refractivity contribution >= 4 is 17.6 Å². The largest absolute Gasteiger partial charge is 0.451 e. The maximum atomic E-state index is 11.7. The molecule has 0 bridgehead atoms. The summed E-state index contributed by atoms with van der Waals surface area (Å²) >= 11 is 0. The lowest BCUT2D eigenvalue weighted by molar-refractivity contribution is -0.158. The summed E-state index contributed by atoms with van der Waals surface area (Å²) in [4.78, 5) is 24.7. The number of carbonyl (C=O) groups excluding carboxylic acids is 2. The Kier molecular flexibility index (Phi) is 4.52. The quantitative estimate of drug-likeness (QED) is 0.782.